The van der Waals surface area contributed by atoms with Gasteiger partial charge >= 0.3 is 5.97 Å². The van der Waals surface area contributed by atoms with Gasteiger partial charge in [-0.1, -0.05) is 12.1 Å². The smallest absolute Gasteiger partial charge is 0.335 e. The lowest BCUT2D eigenvalue weighted by atomic mass is 10.1. The molecule has 0 saturated heterocycles. The molecule has 4 heteroatoms. The van der Waals surface area contributed by atoms with Crippen LogP contribution < -0.4 is 5.32 Å². The maximum absolute atomic E-state index is 10.7. The second-order valence-corrected chi connectivity index (χ2v) is 4.70. The molecule has 2 rings (SSSR count). The van der Waals surface area contributed by atoms with E-state index in [4.69, 9.17) is 5.11 Å². The highest BCUT2D eigenvalue weighted by atomic mass is 32.1. The van der Waals surface area contributed by atoms with Crippen molar-refractivity contribution in [3.63, 3.8) is 0 Å². The van der Waals surface area contributed by atoms with E-state index in [-0.39, 0.29) is 0 Å². The number of carboxylic acids is 1. The average molecular weight is 247 g/mol. The molecular weight excluding hydrogens is 234 g/mol. The highest BCUT2D eigenvalue weighted by Crippen LogP contribution is 2.22. The molecule has 2 N–H and O–H groups in total. The molecule has 0 radical (unpaired) electrons. The van der Waals surface area contributed by atoms with Crippen molar-refractivity contribution in [1.82, 2.24) is 0 Å². The Labute approximate surface area is 104 Å². The van der Waals surface area contributed by atoms with Crippen LogP contribution in [0.5, 0.6) is 0 Å². The predicted octanol–water partition coefficient (Wildman–Crippen LogP) is 3.37. The Morgan fingerprint density at radius 1 is 1.29 bits per heavy atom. The fourth-order valence-electron chi connectivity index (χ4n) is 1.50. The van der Waals surface area contributed by atoms with Crippen molar-refractivity contribution in [2.24, 2.45) is 0 Å². The molecule has 0 atom stereocenters. The number of benzene rings is 1. The zero-order valence-corrected chi connectivity index (χ0v) is 10.3. The molecule has 0 aliphatic heterocycles. The first kappa shape index (κ1) is 11.7. The minimum absolute atomic E-state index is 0.320. The third kappa shape index (κ3) is 2.85. The van der Waals surface area contributed by atoms with E-state index in [9.17, 15) is 4.79 Å². The molecule has 0 bridgehead atoms. The second kappa shape index (κ2) is 5.01. The fourth-order valence-corrected chi connectivity index (χ4v) is 2.32. The van der Waals surface area contributed by atoms with E-state index in [1.54, 1.807) is 23.5 Å². The van der Waals surface area contributed by atoms with Gasteiger partial charge in [0.15, 0.2) is 0 Å². The van der Waals surface area contributed by atoms with Crippen molar-refractivity contribution in [2.75, 3.05) is 5.32 Å². The minimum Gasteiger partial charge on any atom is -0.478 e. The normalized spacial score (nSPS) is 10.2. The number of anilines is 1. The zero-order chi connectivity index (χ0) is 12.3. The van der Waals surface area contributed by atoms with E-state index < -0.39 is 5.97 Å². The summed E-state index contributed by atoms with van der Waals surface area (Å²) >= 11 is 1.67. The molecule has 0 aliphatic carbocycles. The molecule has 0 saturated carbocycles. The first-order valence-electron chi connectivity index (χ1n) is 5.27. The number of aromatic carboxylic acids is 1. The lowest BCUT2D eigenvalue weighted by molar-refractivity contribution is 0.0697. The predicted molar refractivity (Wildman–Crippen MR) is 69.8 cm³/mol. The van der Waals surface area contributed by atoms with Crippen LogP contribution in [-0.2, 0) is 6.54 Å². The molecule has 0 spiro atoms. The topological polar surface area (TPSA) is 49.3 Å². The minimum atomic E-state index is -0.890. The summed E-state index contributed by atoms with van der Waals surface area (Å²) in [6.07, 6.45) is 0. The van der Waals surface area contributed by atoms with Crippen molar-refractivity contribution >= 4 is 22.3 Å². The lowest BCUT2D eigenvalue weighted by Crippen LogP contribution is -2.00. The molecular formula is C13H13NO2S. The van der Waals surface area contributed by atoms with Crippen molar-refractivity contribution in [1.29, 1.82) is 0 Å². The zero-order valence-electron chi connectivity index (χ0n) is 9.43. The Morgan fingerprint density at radius 3 is 2.53 bits per heavy atom. The molecule has 0 fully saturated rings. The van der Waals surface area contributed by atoms with Gasteiger partial charge in [-0.3, -0.25) is 0 Å². The van der Waals surface area contributed by atoms with E-state index >= 15 is 0 Å². The van der Waals surface area contributed by atoms with Gasteiger partial charge in [-0.25, -0.2) is 4.79 Å². The van der Waals surface area contributed by atoms with Gasteiger partial charge in [-0.15, -0.1) is 11.3 Å². The third-order valence-corrected chi connectivity index (χ3v) is 3.49. The van der Waals surface area contributed by atoms with Crippen LogP contribution in [0.25, 0.3) is 0 Å². The number of hydrogen-bond donors (Lipinski definition) is 2. The van der Waals surface area contributed by atoms with Gasteiger partial charge in [-0.05, 0) is 41.6 Å². The summed E-state index contributed by atoms with van der Waals surface area (Å²) in [6.45, 7) is 2.77. The molecule has 2 aromatic rings. The number of thiophene rings is 1. The molecule has 1 aromatic carbocycles. The highest BCUT2D eigenvalue weighted by molar-refractivity contribution is 7.14. The van der Waals surface area contributed by atoms with Crippen LogP contribution >= 0.6 is 11.3 Å². The van der Waals surface area contributed by atoms with E-state index in [1.165, 1.54) is 5.56 Å². The molecule has 17 heavy (non-hydrogen) atoms. The van der Waals surface area contributed by atoms with Gasteiger partial charge in [0.1, 0.15) is 0 Å². The van der Waals surface area contributed by atoms with Gasteiger partial charge in [0.2, 0.25) is 0 Å². The Hall–Kier alpha value is -1.81. The summed E-state index contributed by atoms with van der Waals surface area (Å²) in [7, 11) is 0. The van der Waals surface area contributed by atoms with Gasteiger partial charge in [0, 0.05) is 6.54 Å². The monoisotopic (exact) mass is 247 g/mol. The van der Waals surface area contributed by atoms with Crippen LogP contribution in [0.4, 0.5) is 5.00 Å². The van der Waals surface area contributed by atoms with E-state index in [0.29, 0.717) is 12.1 Å². The maximum Gasteiger partial charge on any atom is 0.335 e. The first-order valence-corrected chi connectivity index (χ1v) is 6.15. The van der Waals surface area contributed by atoms with E-state index in [0.717, 1.165) is 10.6 Å². The molecule has 0 aliphatic rings. The molecule has 1 heterocycles. The number of rotatable bonds is 4. The van der Waals surface area contributed by atoms with Crippen LogP contribution in [0.15, 0.2) is 35.7 Å². The average Bonchev–Trinajstić information content (AvgIpc) is 2.73. The van der Waals surface area contributed by atoms with Crippen molar-refractivity contribution in [3.8, 4) is 0 Å². The number of hydrogen-bond acceptors (Lipinski definition) is 3. The Morgan fingerprint density at radius 2 is 2.00 bits per heavy atom. The molecule has 88 valence electrons. The van der Waals surface area contributed by atoms with Crippen LogP contribution in [-0.4, -0.2) is 11.1 Å². The fraction of sp³-hybridized carbons (Fsp3) is 0.154. The summed E-state index contributed by atoms with van der Waals surface area (Å²) in [4.78, 5) is 10.7. The summed E-state index contributed by atoms with van der Waals surface area (Å²) in [5.74, 6) is -0.890. The third-order valence-electron chi connectivity index (χ3n) is 2.52. The van der Waals surface area contributed by atoms with E-state index in [2.05, 4.69) is 18.3 Å². The number of nitrogens with one attached hydrogen (secondary N) is 1. The Balaban J connectivity index is 2.00. The van der Waals surface area contributed by atoms with Crippen molar-refractivity contribution in [3.05, 3.63) is 52.4 Å². The quantitative estimate of drug-likeness (QED) is 0.871. The molecule has 0 amide bonds. The van der Waals surface area contributed by atoms with Crippen LogP contribution in [0, 0.1) is 6.92 Å². The number of carboxylic acid groups (broad SMARTS) is 1. The van der Waals surface area contributed by atoms with Crippen molar-refractivity contribution < 1.29 is 9.90 Å². The summed E-state index contributed by atoms with van der Waals surface area (Å²) in [5, 5.41) is 15.3. The Kier molecular flexibility index (Phi) is 3.44. The number of aryl methyl sites for hydroxylation is 1. The highest BCUT2D eigenvalue weighted by Gasteiger charge is 2.02. The summed E-state index contributed by atoms with van der Waals surface area (Å²) in [5.41, 5.74) is 2.63. The molecule has 0 unspecified atom stereocenters. The van der Waals surface area contributed by atoms with E-state index in [1.807, 2.05) is 17.5 Å². The number of carbonyl (C=O) groups is 1. The maximum atomic E-state index is 10.7. The van der Waals surface area contributed by atoms with Gasteiger partial charge in [0.05, 0.1) is 10.6 Å². The molecule has 3 nitrogen and oxygen atoms in total. The first-order chi connectivity index (χ1) is 8.16. The van der Waals surface area contributed by atoms with Gasteiger partial charge in [-0.2, -0.15) is 0 Å². The van der Waals surface area contributed by atoms with Crippen LogP contribution in [0.3, 0.4) is 0 Å². The standard InChI is InChI=1S/C13H13NO2S/c1-9-6-7-17-12(9)14-8-10-2-4-11(5-3-10)13(15)16/h2-7,14H,8H2,1H3,(H,15,16). The summed E-state index contributed by atoms with van der Waals surface area (Å²) < 4.78 is 0. The second-order valence-electron chi connectivity index (χ2n) is 3.79. The Bertz CT molecular complexity index is 516. The van der Waals surface area contributed by atoms with Gasteiger partial charge in [0.25, 0.3) is 0 Å². The lowest BCUT2D eigenvalue weighted by Gasteiger charge is -2.05. The SMILES string of the molecule is Cc1ccsc1NCc1ccc(C(=O)O)cc1. The summed E-state index contributed by atoms with van der Waals surface area (Å²) in [6, 6.07) is 8.99. The largest absolute Gasteiger partial charge is 0.478 e. The van der Waals surface area contributed by atoms with Crippen LogP contribution in [0.2, 0.25) is 0 Å². The van der Waals surface area contributed by atoms with Crippen LogP contribution in [0.1, 0.15) is 21.5 Å². The van der Waals surface area contributed by atoms with Gasteiger partial charge < -0.3 is 10.4 Å². The van der Waals surface area contributed by atoms with Crippen molar-refractivity contribution in [2.45, 2.75) is 13.5 Å². The molecule has 1 aromatic heterocycles.